The summed E-state index contributed by atoms with van der Waals surface area (Å²) < 4.78 is 0. The Morgan fingerprint density at radius 1 is 1.56 bits per heavy atom. The summed E-state index contributed by atoms with van der Waals surface area (Å²) in [6.07, 6.45) is 2.66. The molecule has 0 aliphatic heterocycles. The van der Waals surface area contributed by atoms with E-state index in [1.165, 1.54) is 12.1 Å². The Balaban J connectivity index is 2.54. The number of rotatable bonds is 3. The normalized spacial score (nSPS) is 12.9. The lowest BCUT2D eigenvalue weighted by atomic mass is 10.0. The SMILES string of the molecule is CC[C@@H](N)c1c[nH]c2cc([N+](=O)[O-])ccc12. The van der Waals surface area contributed by atoms with Crippen LogP contribution in [0.15, 0.2) is 24.4 Å². The fourth-order valence-corrected chi connectivity index (χ4v) is 1.78. The Morgan fingerprint density at radius 3 is 2.94 bits per heavy atom. The minimum Gasteiger partial charge on any atom is -0.361 e. The van der Waals surface area contributed by atoms with Crippen LogP contribution < -0.4 is 5.73 Å². The number of hydrogen-bond acceptors (Lipinski definition) is 3. The second kappa shape index (κ2) is 3.94. The molecule has 0 unspecified atom stereocenters. The number of nitrogens with two attached hydrogens (primary N) is 1. The molecule has 0 amide bonds. The van der Waals surface area contributed by atoms with Crippen molar-refractivity contribution in [3.05, 3.63) is 40.1 Å². The summed E-state index contributed by atoms with van der Waals surface area (Å²) in [5.74, 6) is 0. The van der Waals surface area contributed by atoms with E-state index >= 15 is 0 Å². The monoisotopic (exact) mass is 219 g/mol. The van der Waals surface area contributed by atoms with E-state index in [0.29, 0.717) is 0 Å². The van der Waals surface area contributed by atoms with Gasteiger partial charge < -0.3 is 10.7 Å². The van der Waals surface area contributed by atoms with Gasteiger partial charge in [0, 0.05) is 29.8 Å². The fourth-order valence-electron chi connectivity index (χ4n) is 1.78. The molecular formula is C11H13N3O2. The number of non-ortho nitro benzene ring substituents is 1. The Labute approximate surface area is 92.4 Å². The minimum atomic E-state index is -0.403. The van der Waals surface area contributed by atoms with Crippen molar-refractivity contribution in [1.29, 1.82) is 0 Å². The number of aromatic nitrogens is 1. The molecule has 3 N–H and O–H groups in total. The third-order valence-corrected chi connectivity index (χ3v) is 2.75. The van der Waals surface area contributed by atoms with Crippen molar-refractivity contribution in [3.63, 3.8) is 0 Å². The van der Waals surface area contributed by atoms with E-state index in [4.69, 9.17) is 5.73 Å². The molecule has 0 spiro atoms. The third kappa shape index (κ3) is 1.65. The molecule has 2 rings (SSSR count). The summed E-state index contributed by atoms with van der Waals surface area (Å²) in [5.41, 5.74) is 7.80. The molecule has 2 aromatic rings. The first-order valence-electron chi connectivity index (χ1n) is 5.14. The summed E-state index contributed by atoms with van der Waals surface area (Å²) in [6.45, 7) is 2.01. The fraction of sp³-hybridized carbons (Fsp3) is 0.273. The van der Waals surface area contributed by atoms with Gasteiger partial charge in [0.15, 0.2) is 0 Å². The zero-order valence-corrected chi connectivity index (χ0v) is 8.93. The van der Waals surface area contributed by atoms with Crippen LogP contribution in [0.1, 0.15) is 24.9 Å². The Bertz CT molecular complexity index is 533. The molecule has 1 aromatic heterocycles. The highest BCUT2D eigenvalue weighted by Crippen LogP contribution is 2.27. The molecule has 0 saturated carbocycles. The number of benzene rings is 1. The van der Waals surface area contributed by atoms with Crippen LogP contribution in [0.3, 0.4) is 0 Å². The van der Waals surface area contributed by atoms with Crippen molar-refractivity contribution >= 4 is 16.6 Å². The number of nitrogens with zero attached hydrogens (tertiary/aromatic N) is 1. The van der Waals surface area contributed by atoms with Crippen molar-refractivity contribution in [2.75, 3.05) is 0 Å². The van der Waals surface area contributed by atoms with E-state index in [1.807, 2.05) is 13.1 Å². The summed E-state index contributed by atoms with van der Waals surface area (Å²) >= 11 is 0. The largest absolute Gasteiger partial charge is 0.361 e. The number of H-pyrrole nitrogens is 1. The lowest BCUT2D eigenvalue weighted by Gasteiger charge is -2.06. The predicted molar refractivity (Wildman–Crippen MR) is 62.2 cm³/mol. The van der Waals surface area contributed by atoms with Gasteiger partial charge in [-0.3, -0.25) is 10.1 Å². The van der Waals surface area contributed by atoms with Crippen LogP contribution in [0.5, 0.6) is 0 Å². The van der Waals surface area contributed by atoms with Gasteiger partial charge in [-0.15, -0.1) is 0 Å². The van der Waals surface area contributed by atoms with Crippen LogP contribution >= 0.6 is 0 Å². The van der Waals surface area contributed by atoms with Crippen LogP contribution in [-0.2, 0) is 0 Å². The maximum atomic E-state index is 10.6. The first-order chi connectivity index (χ1) is 7.63. The number of nitro groups is 1. The molecule has 0 fully saturated rings. The molecule has 0 radical (unpaired) electrons. The van der Waals surface area contributed by atoms with Crippen LogP contribution in [0.4, 0.5) is 5.69 Å². The molecule has 5 nitrogen and oxygen atoms in total. The quantitative estimate of drug-likeness (QED) is 0.614. The van der Waals surface area contributed by atoms with Crippen molar-refractivity contribution in [2.24, 2.45) is 5.73 Å². The first kappa shape index (κ1) is 10.6. The minimum absolute atomic E-state index is 0.0322. The number of nitrogens with one attached hydrogen (secondary N) is 1. The van der Waals surface area contributed by atoms with E-state index in [9.17, 15) is 10.1 Å². The molecule has 1 atom stereocenters. The number of nitro benzene ring substituents is 1. The highest BCUT2D eigenvalue weighted by Gasteiger charge is 2.13. The van der Waals surface area contributed by atoms with Crippen molar-refractivity contribution in [2.45, 2.75) is 19.4 Å². The van der Waals surface area contributed by atoms with E-state index in [2.05, 4.69) is 4.98 Å². The Morgan fingerprint density at radius 2 is 2.31 bits per heavy atom. The van der Waals surface area contributed by atoms with E-state index in [1.54, 1.807) is 6.07 Å². The molecular weight excluding hydrogens is 206 g/mol. The first-order valence-corrected chi connectivity index (χ1v) is 5.14. The maximum Gasteiger partial charge on any atom is 0.271 e. The van der Waals surface area contributed by atoms with Gasteiger partial charge in [-0.2, -0.15) is 0 Å². The molecule has 1 heterocycles. The number of aromatic amines is 1. The van der Waals surface area contributed by atoms with E-state index in [-0.39, 0.29) is 11.7 Å². The van der Waals surface area contributed by atoms with E-state index in [0.717, 1.165) is 22.9 Å². The zero-order valence-electron chi connectivity index (χ0n) is 8.93. The van der Waals surface area contributed by atoms with Gasteiger partial charge in [-0.05, 0) is 18.1 Å². The van der Waals surface area contributed by atoms with Gasteiger partial charge in [0.25, 0.3) is 5.69 Å². The number of hydrogen-bond donors (Lipinski definition) is 2. The second-order valence-electron chi connectivity index (χ2n) is 3.75. The maximum absolute atomic E-state index is 10.6. The standard InChI is InChI=1S/C11H13N3O2/c1-2-10(12)9-6-13-11-5-7(14(15)16)3-4-8(9)11/h3-6,10,13H,2,12H2,1H3/t10-/m1/s1. The lowest BCUT2D eigenvalue weighted by Crippen LogP contribution is -2.07. The Kier molecular flexibility index (Phi) is 2.62. The molecule has 0 bridgehead atoms. The van der Waals surface area contributed by atoms with Gasteiger partial charge in [0.2, 0.25) is 0 Å². The highest BCUT2D eigenvalue weighted by molar-refractivity contribution is 5.85. The molecule has 0 saturated heterocycles. The van der Waals surface area contributed by atoms with Crippen molar-refractivity contribution in [3.8, 4) is 0 Å². The van der Waals surface area contributed by atoms with Crippen LogP contribution in [0.25, 0.3) is 10.9 Å². The molecule has 16 heavy (non-hydrogen) atoms. The average molecular weight is 219 g/mol. The van der Waals surface area contributed by atoms with Crippen molar-refractivity contribution < 1.29 is 4.92 Å². The summed E-state index contributed by atoms with van der Waals surface area (Å²) in [6, 6.07) is 4.74. The van der Waals surface area contributed by atoms with Gasteiger partial charge in [-0.25, -0.2) is 0 Å². The van der Waals surface area contributed by atoms with E-state index < -0.39 is 4.92 Å². The molecule has 1 aromatic carbocycles. The van der Waals surface area contributed by atoms with Gasteiger partial charge in [0.1, 0.15) is 0 Å². The Hall–Kier alpha value is -1.88. The highest BCUT2D eigenvalue weighted by atomic mass is 16.6. The van der Waals surface area contributed by atoms with Gasteiger partial charge >= 0.3 is 0 Å². The molecule has 5 heteroatoms. The lowest BCUT2D eigenvalue weighted by molar-refractivity contribution is -0.384. The zero-order chi connectivity index (χ0) is 11.7. The summed E-state index contributed by atoms with van der Waals surface area (Å²) in [5, 5.41) is 11.6. The number of fused-ring (bicyclic) bond motifs is 1. The van der Waals surface area contributed by atoms with Crippen LogP contribution in [0.2, 0.25) is 0 Å². The predicted octanol–water partition coefficient (Wildman–Crippen LogP) is 2.49. The van der Waals surface area contributed by atoms with Crippen molar-refractivity contribution in [1.82, 2.24) is 4.98 Å². The average Bonchev–Trinajstić information content (AvgIpc) is 2.70. The second-order valence-corrected chi connectivity index (χ2v) is 3.75. The van der Waals surface area contributed by atoms with Gasteiger partial charge in [0.05, 0.1) is 10.4 Å². The smallest absolute Gasteiger partial charge is 0.271 e. The topological polar surface area (TPSA) is 85.0 Å². The summed E-state index contributed by atoms with van der Waals surface area (Å²) in [4.78, 5) is 13.2. The van der Waals surface area contributed by atoms with Gasteiger partial charge in [-0.1, -0.05) is 6.92 Å². The van der Waals surface area contributed by atoms with Crippen LogP contribution in [-0.4, -0.2) is 9.91 Å². The molecule has 0 aliphatic rings. The molecule has 84 valence electrons. The summed E-state index contributed by atoms with van der Waals surface area (Å²) in [7, 11) is 0. The van der Waals surface area contributed by atoms with Crippen LogP contribution in [0, 0.1) is 10.1 Å². The third-order valence-electron chi connectivity index (χ3n) is 2.75. The molecule has 0 aliphatic carbocycles.